The van der Waals surface area contributed by atoms with E-state index < -0.39 is 9.84 Å². The second-order valence-electron chi connectivity index (χ2n) is 8.36. The Morgan fingerprint density at radius 3 is 2.24 bits per heavy atom. The van der Waals surface area contributed by atoms with Crippen LogP contribution in [-0.4, -0.2) is 36.7 Å². The Morgan fingerprint density at radius 2 is 1.79 bits per heavy atom. The highest BCUT2D eigenvalue weighted by atomic mass is 32.2. The predicted octanol–water partition coefficient (Wildman–Crippen LogP) is 2.56. The minimum Gasteiger partial charge on any atom is -0.326 e. The van der Waals surface area contributed by atoms with Gasteiger partial charge in [0.2, 0.25) is 15.7 Å². The lowest BCUT2D eigenvalue weighted by Crippen LogP contribution is -2.58. The van der Waals surface area contributed by atoms with E-state index in [1.165, 1.54) is 0 Å². The standard InChI is InChI=1S/C21H30N4O3S/c1-6-17-19(18(7-2)25(23-17)12-14(3)22)29(27,28)16-10-8-15(9-11-16)24-13-21(4,5)20(24)26/h8-11,14H,6-7,12-13,22H2,1-5H3/t14-/m0/s1. The largest absolute Gasteiger partial charge is 0.326 e. The average Bonchev–Trinajstić information content (AvgIpc) is 3.03. The Kier molecular flexibility index (Phi) is 5.62. The van der Waals surface area contributed by atoms with Crippen molar-refractivity contribution < 1.29 is 13.2 Å². The summed E-state index contributed by atoms with van der Waals surface area (Å²) in [6.07, 6.45) is 1.06. The smallest absolute Gasteiger partial charge is 0.234 e. The van der Waals surface area contributed by atoms with E-state index in [2.05, 4.69) is 5.10 Å². The van der Waals surface area contributed by atoms with Crippen molar-refractivity contribution in [1.29, 1.82) is 0 Å². The van der Waals surface area contributed by atoms with Crippen LogP contribution < -0.4 is 10.6 Å². The van der Waals surface area contributed by atoms with Crippen LogP contribution in [0.2, 0.25) is 0 Å². The normalized spacial score (nSPS) is 17.3. The van der Waals surface area contributed by atoms with E-state index in [9.17, 15) is 13.2 Å². The molecule has 1 atom stereocenters. The van der Waals surface area contributed by atoms with Crippen LogP contribution >= 0.6 is 0 Å². The zero-order chi connectivity index (χ0) is 21.6. The first-order valence-corrected chi connectivity index (χ1v) is 11.5. The lowest BCUT2D eigenvalue weighted by Gasteiger charge is -2.44. The van der Waals surface area contributed by atoms with Crippen molar-refractivity contribution >= 4 is 21.4 Å². The summed E-state index contributed by atoms with van der Waals surface area (Å²) in [4.78, 5) is 14.4. The van der Waals surface area contributed by atoms with Crippen LogP contribution in [0.1, 0.15) is 46.0 Å². The second-order valence-corrected chi connectivity index (χ2v) is 10.2. The minimum atomic E-state index is -3.73. The molecule has 0 spiro atoms. The molecular weight excluding hydrogens is 388 g/mol. The summed E-state index contributed by atoms with van der Waals surface area (Å²) in [5, 5.41) is 4.53. The molecule has 0 unspecified atom stereocenters. The molecule has 1 aromatic carbocycles. The average molecular weight is 419 g/mol. The van der Waals surface area contributed by atoms with Gasteiger partial charge in [-0.3, -0.25) is 9.48 Å². The number of anilines is 1. The first kappa shape index (κ1) is 21.5. The van der Waals surface area contributed by atoms with Crippen LogP contribution in [0.3, 0.4) is 0 Å². The highest BCUT2D eigenvalue weighted by Crippen LogP contribution is 2.36. The molecule has 0 radical (unpaired) electrons. The molecule has 3 rings (SSSR count). The van der Waals surface area contributed by atoms with Crippen LogP contribution in [0.15, 0.2) is 34.1 Å². The van der Waals surface area contributed by atoms with Crippen molar-refractivity contribution in [2.75, 3.05) is 11.4 Å². The number of nitrogens with zero attached hydrogens (tertiary/aromatic N) is 3. The van der Waals surface area contributed by atoms with E-state index >= 15 is 0 Å². The molecule has 0 bridgehead atoms. The van der Waals surface area contributed by atoms with Gasteiger partial charge in [0.15, 0.2) is 0 Å². The molecule has 1 fully saturated rings. The van der Waals surface area contributed by atoms with Crippen molar-refractivity contribution in [3.63, 3.8) is 0 Å². The van der Waals surface area contributed by atoms with Crippen LogP contribution in [-0.2, 0) is 34.0 Å². The number of aromatic nitrogens is 2. The SMILES string of the molecule is CCc1nn(C[C@H](C)N)c(CC)c1S(=O)(=O)c1ccc(N2CC(C)(C)C2=O)cc1. The second kappa shape index (κ2) is 7.57. The summed E-state index contributed by atoms with van der Waals surface area (Å²) in [6, 6.07) is 6.42. The Morgan fingerprint density at radius 1 is 1.17 bits per heavy atom. The first-order chi connectivity index (χ1) is 13.5. The van der Waals surface area contributed by atoms with Crippen molar-refractivity contribution in [2.24, 2.45) is 11.1 Å². The van der Waals surface area contributed by atoms with Crippen molar-refractivity contribution in [3.05, 3.63) is 35.7 Å². The summed E-state index contributed by atoms with van der Waals surface area (Å²) in [5.74, 6) is 0.0480. The number of β-lactam (4-membered cyclic amide) rings is 1. The van der Waals surface area contributed by atoms with Crippen molar-refractivity contribution in [1.82, 2.24) is 9.78 Å². The zero-order valence-electron chi connectivity index (χ0n) is 17.8. The number of rotatable bonds is 7. The molecule has 29 heavy (non-hydrogen) atoms. The maximum absolute atomic E-state index is 13.5. The lowest BCUT2D eigenvalue weighted by atomic mass is 9.83. The van der Waals surface area contributed by atoms with Gasteiger partial charge in [-0.05, 0) is 57.9 Å². The summed E-state index contributed by atoms with van der Waals surface area (Å²) >= 11 is 0. The number of benzene rings is 1. The quantitative estimate of drug-likeness (QED) is 0.697. The number of hydrogen-bond donors (Lipinski definition) is 1. The number of nitrogens with two attached hydrogens (primary N) is 1. The molecule has 7 nitrogen and oxygen atoms in total. The highest BCUT2D eigenvalue weighted by Gasteiger charge is 2.44. The molecule has 1 aliphatic rings. The molecular formula is C21H30N4O3S. The third-order valence-electron chi connectivity index (χ3n) is 5.31. The van der Waals surface area contributed by atoms with Gasteiger partial charge in [-0.15, -0.1) is 0 Å². The summed E-state index contributed by atoms with van der Waals surface area (Å²) in [6.45, 7) is 10.6. The molecule has 2 aromatic rings. The number of sulfone groups is 1. The Hall–Kier alpha value is -2.19. The molecule has 2 N–H and O–H groups in total. The van der Waals surface area contributed by atoms with Gasteiger partial charge in [-0.25, -0.2) is 8.42 Å². The fraction of sp³-hybridized carbons (Fsp3) is 0.524. The molecule has 8 heteroatoms. The zero-order valence-corrected chi connectivity index (χ0v) is 18.6. The van der Waals surface area contributed by atoms with Gasteiger partial charge in [0, 0.05) is 18.3 Å². The van der Waals surface area contributed by atoms with Gasteiger partial charge in [-0.1, -0.05) is 13.8 Å². The van der Waals surface area contributed by atoms with Gasteiger partial charge in [0.25, 0.3) is 0 Å². The predicted molar refractivity (Wildman–Crippen MR) is 113 cm³/mol. The molecule has 0 saturated carbocycles. The third kappa shape index (κ3) is 3.71. The molecule has 0 aliphatic carbocycles. The Balaban J connectivity index is 1.99. The first-order valence-electron chi connectivity index (χ1n) is 10.0. The number of carbonyl (C=O) groups excluding carboxylic acids is 1. The van der Waals surface area contributed by atoms with Gasteiger partial charge in [0.1, 0.15) is 4.90 Å². The van der Waals surface area contributed by atoms with Crippen LogP contribution in [0.25, 0.3) is 0 Å². The number of carbonyl (C=O) groups is 1. The van der Waals surface area contributed by atoms with Crippen LogP contribution in [0.4, 0.5) is 5.69 Å². The maximum Gasteiger partial charge on any atom is 0.234 e. The molecule has 1 aromatic heterocycles. The fourth-order valence-corrected chi connectivity index (χ4v) is 5.57. The maximum atomic E-state index is 13.5. The third-order valence-corrected chi connectivity index (χ3v) is 7.21. The van der Waals surface area contributed by atoms with Crippen molar-refractivity contribution in [2.45, 2.75) is 69.8 Å². The molecule has 1 amide bonds. The lowest BCUT2D eigenvalue weighted by molar-refractivity contribution is -0.132. The van der Waals surface area contributed by atoms with Gasteiger partial charge < -0.3 is 10.6 Å². The van der Waals surface area contributed by atoms with Crippen LogP contribution in [0.5, 0.6) is 0 Å². The van der Waals surface area contributed by atoms with E-state index in [1.54, 1.807) is 33.8 Å². The molecule has 1 saturated heterocycles. The van der Waals surface area contributed by atoms with E-state index in [4.69, 9.17) is 5.73 Å². The molecule has 158 valence electrons. The number of aryl methyl sites for hydroxylation is 1. The van der Waals surface area contributed by atoms with Gasteiger partial charge in [-0.2, -0.15) is 5.10 Å². The number of amides is 1. The van der Waals surface area contributed by atoms with E-state index in [0.29, 0.717) is 43.0 Å². The van der Waals surface area contributed by atoms with Crippen molar-refractivity contribution in [3.8, 4) is 0 Å². The van der Waals surface area contributed by atoms with Gasteiger partial charge >= 0.3 is 0 Å². The molecule has 1 aliphatic heterocycles. The van der Waals surface area contributed by atoms with E-state index in [-0.39, 0.29) is 27.2 Å². The van der Waals surface area contributed by atoms with Crippen LogP contribution in [0, 0.1) is 5.41 Å². The fourth-order valence-electron chi connectivity index (χ4n) is 3.78. The topological polar surface area (TPSA) is 98.3 Å². The molecule has 2 heterocycles. The summed E-state index contributed by atoms with van der Waals surface area (Å²) in [7, 11) is -3.73. The van der Waals surface area contributed by atoms with E-state index in [0.717, 1.165) is 0 Å². The minimum absolute atomic E-state index is 0.0480. The van der Waals surface area contributed by atoms with E-state index in [1.807, 2.05) is 34.6 Å². The Bertz CT molecular complexity index is 1020. The summed E-state index contributed by atoms with van der Waals surface area (Å²) in [5.41, 5.74) is 7.52. The van der Waals surface area contributed by atoms with Gasteiger partial charge in [0.05, 0.1) is 28.2 Å². The summed E-state index contributed by atoms with van der Waals surface area (Å²) < 4.78 is 28.6. The monoisotopic (exact) mass is 418 g/mol. The highest BCUT2D eigenvalue weighted by molar-refractivity contribution is 7.91. The number of hydrogen-bond acceptors (Lipinski definition) is 5. The Labute approximate surface area is 172 Å².